The van der Waals surface area contributed by atoms with Crippen molar-refractivity contribution in [1.82, 2.24) is 10.2 Å². The number of rotatable bonds is 7. The minimum Gasteiger partial charge on any atom is -0.445 e. The summed E-state index contributed by atoms with van der Waals surface area (Å²) in [7, 11) is 0. The first kappa shape index (κ1) is 25.5. The van der Waals surface area contributed by atoms with E-state index >= 15 is 0 Å². The number of nitrogens with two attached hydrogens (primary N) is 1. The van der Waals surface area contributed by atoms with Gasteiger partial charge in [0.1, 0.15) is 18.7 Å². The minimum atomic E-state index is -1.07. The highest BCUT2D eigenvalue weighted by molar-refractivity contribution is 6.36. The highest BCUT2D eigenvalue weighted by Crippen LogP contribution is 2.27. The highest BCUT2D eigenvalue weighted by atomic mass is 35.5. The molecule has 0 fully saturated rings. The van der Waals surface area contributed by atoms with Crippen LogP contribution in [-0.2, 0) is 40.3 Å². The zero-order valence-electron chi connectivity index (χ0n) is 19.3. The second kappa shape index (κ2) is 11.5. The molecular formula is C27H25Cl2N3O4. The van der Waals surface area contributed by atoms with Crippen molar-refractivity contribution in [2.75, 3.05) is 0 Å². The third kappa shape index (κ3) is 5.98. The number of carbonyl (C=O) groups is 3. The van der Waals surface area contributed by atoms with Gasteiger partial charge in [0.25, 0.3) is 0 Å². The summed E-state index contributed by atoms with van der Waals surface area (Å²) in [6.45, 7) is 0.264. The molecule has 0 spiro atoms. The number of nitrogens with one attached hydrogen (secondary N) is 1. The molecule has 1 heterocycles. The molecule has 186 valence electrons. The number of carbonyl (C=O) groups excluding carboxylic acids is 3. The number of amides is 3. The van der Waals surface area contributed by atoms with Crippen LogP contribution >= 0.6 is 23.2 Å². The van der Waals surface area contributed by atoms with Crippen molar-refractivity contribution in [3.05, 3.63) is 105 Å². The number of fused-ring (bicyclic) bond motifs is 1. The molecule has 0 aromatic heterocycles. The Morgan fingerprint density at radius 2 is 1.58 bits per heavy atom. The lowest BCUT2D eigenvalue weighted by atomic mass is 9.93. The Bertz CT molecular complexity index is 1250. The van der Waals surface area contributed by atoms with Crippen LogP contribution in [0, 0.1) is 0 Å². The number of ether oxygens (including phenoxy) is 1. The number of nitrogens with zero attached hydrogens (tertiary/aromatic N) is 1. The average Bonchev–Trinajstić information content (AvgIpc) is 2.88. The third-order valence-corrected chi connectivity index (χ3v) is 6.83. The molecule has 0 saturated heterocycles. The van der Waals surface area contributed by atoms with Gasteiger partial charge in [-0.1, -0.05) is 83.9 Å². The molecule has 0 unspecified atom stereocenters. The lowest BCUT2D eigenvalue weighted by Crippen LogP contribution is -2.56. The summed E-state index contributed by atoms with van der Waals surface area (Å²) in [6, 6.07) is 19.9. The van der Waals surface area contributed by atoms with Crippen molar-refractivity contribution in [3.8, 4) is 0 Å². The number of hydrogen-bond donors (Lipinski definition) is 2. The van der Waals surface area contributed by atoms with Gasteiger partial charge in [0.2, 0.25) is 11.8 Å². The monoisotopic (exact) mass is 525 g/mol. The first-order chi connectivity index (χ1) is 17.3. The fourth-order valence-corrected chi connectivity index (χ4v) is 4.73. The summed E-state index contributed by atoms with van der Waals surface area (Å²) >= 11 is 12.5. The zero-order chi connectivity index (χ0) is 25.7. The van der Waals surface area contributed by atoms with Crippen LogP contribution in [0.3, 0.4) is 0 Å². The van der Waals surface area contributed by atoms with Gasteiger partial charge in [-0.05, 0) is 34.4 Å². The average molecular weight is 526 g/mol. The van der Waals surface area contributed by atoms with Crippen LogP contribution in [0.4, 0.5) is 4.79 Å². The standard InChI is InChI=1S/C27H25Cl2N3O4/c28-21-11-6-12-22(29)20(21)14-23(25(30)33)31-26(34)24-13-18-9-4-5-10-19(18)15-32(24)27(35)36-16-17-7-2-1-3-8-17/h1-12,23-24H,13-16H2,(H2,30,33)(H,31,34)/t23-,24+/m1/s1. The zero-order valence-corrected chi connectivity index (χ0v) is 20.8. The van der Waals surface area contributed by atoms with E-state index in [1.165, 1.54) is 4.90 Å². The van der Waals surface area contributed by atoms with Crippen LogP contribution in [0.2, 0.25) is 10.0 Å². The van der Waals surface area contributed by atoms with E-state index in [1.54, 1.807) is 18.2 Å². The molecule has 3 aromatic carbocycles. The Morgan fingerprint density at radius 1 is 0.944 bits per heavy atom. The van der Waals surface area contributed by atoms with Crippen LogP contribution in [-0.4, -0.2) is 34.9 Å². The van der Waals surface area contributed by atoms with Gasteiger partial charge in [-0.2, -0.15) is 0 Å². The first-order valence-electron chi connectivity index (χ1n) is 11.4. The van der Waals surface area contributed by atoms with Crippen molar-refractivity contribution < 1.29 is 19.1 Å². The SMILES string of the molecule is NC(=O)[C@@H](Cc1c(Cl)cccc1Cl)NC(=O)[C@@H]1Cc2ccccc2CN1C(=O)OCc1ccccc1. The predicted molar refractivity (Wildman–Crippen MR) is 137 cm³/mol. The molecule has 3 amide bonds. The van der Waals surface area contributed by atoms with E-state index in [-0.39, 0.29) is 26.0 Å². The van der Waals surface area contributed by atoms with Gasteiger partial charge >= 0.3 is 6.09 Å². The number of halogens is 2. The number of primary amides is 1. The summed E-state index contributed by atoms with van der Waals surface area (Å²) in [4.78, 5) is 40.1. The number of benzene rings is 3. The maximum atomic E-state index is 13.4. The molecule has 4 rings (SSSR count). The van der Waals surface area contributed by atoms with Crippen LogP contribution in [0.5, 0.6) is 0 Å². The summed E-state index contributed by atoms with van der Waals surface area (Å²) in [5.74, 6) is -1.26. The van der Waals surface area contributed by atoms with Gasteiger partial charge in [0.05, 0.1) is 6.54 Å². The van der Waals surface area contributed by atoms with E-state index in [0.717, 1.165) is 16.7 Å². The van der Waals surface area contributed by atoms with Crippen molar-refractivity contribution in [1.29, 1.82) is 0 Å². The smallest absolute Gasteiger partial charge is 0.411 e. The molecule has 9 heteroatoms. The molecule has 1 aliphatic rings. The Hall–Kier alpha value is -3.55. The lowest BCUT2D eigenvalue weighted by Gasteiger charge is -2.35. The van der Waals surface area contributed by atoms with Crippen LogP contribution in [0.1, 0.15) is 22.3 Å². The molecular weight excluding hydrogens is 501 g/mol. The lowest BCUT2D eigenvalue weighted by molar-refractivity contribution is -0.131. The van der Waals surface area contributed by atoms with E-state index in [1.807, 2.05) is 54.6 Å². The Morgan fingerprint density at radius 3 is 2.25 bits per heavy atom. The molecule has 1 aliphatic heterocycles. The van der Waals surface area contributed by atoms with E-state index in [0.29, 0.717) is 15.6 Å². The van der Waals surface area contributed by atoms with Gasteiger partial charge in [0.15, 0.2) is 0 Å². The Labute approximate surface area is 219 Å². The normalized spacial score (nSPS) is 15.5. The van der Waals surface area contributed by atoms with Crippen molar-refractivity contribution in [2.24, 2.45) is 5.73 Å². The molecule has 3 aromatic rings. The second-order valence-corrected chi connectivity index (χ2v) is 9.34. The fraction of sp³-hybridized carbons (Fsp3) is 0.222. The molecule has 0 radical (unpaired) electrons. The summed E-state index contributed by atoms with van der Waals surface area (Å²) in [5, 5.41) is 3.42. The molecule has 0 aliphatic carbocycles. The minimum absolute atomic E-state index is 0.0152. The second-order valence-electron chi connectivity index (χ2n) is 8.52. The van der Waals surface area contributed by atoms with E-state index in [4.69, 9.17) is 33.7 Å². The van der Waals surface area contributed by atoms with Crippen LogP contribution < -0.4 is 11.1 Å². The van der Waals surface area contributed by atoms with Gasteiger partial charge in [-0.25, -0.2) is 4.79 Å². The molecule has 3 N–H and O–H groups in total. The van der Waals surface area contributed by atoms with Gasteiger partial charge < -0.3 is 15.8 Å². The maximum Gasteiger partial charge on any atom is 0.411 e. The Balaban J connectivity index is 1.54. The molecule has 0 bridgehead atoms. The van der Waals surface area contributed by atoms with Crippen LogP contribution in [0.15, 0.2) is 72.8 Å². The van der Waals surface area contributed by atoms with Crippen molar-refractivity contribution in [3.63, 3.8) is 0 Å². The van der Waals surface area contributed by atoms with E-state index < -0.39 is 30.0 Å². The number of hydrogen-bond acceptors (Lipinski definition) is 4. The van der Waals surface area contributed by atoms with E-state index in [2.05, 4.69) is 5.32 Å². The summed E-state index contributed by atoms with van der Waals surface area (Å²) in [6.07, 6.45) is -0.347. The third-order valence-electron chi connectivity index (χ3n) is 6.12. The van der Waals surface area contributed by atoms with Gasteiger partial charge in [0, 0.05) is 22.9 Å². The first-order valence-corrected chi connectivity index (χ1v) is 12.2. The van der Waals surface area contributed by atoms with Gasteiger partial charge in [-0.15, -0.1) is 0 Å². The quantitative estimate of drug-likeness (QED) is 0.480. The topological polar surface area (TPSA) is 102 Å². The largest absolute Gasteiger partial charge is 0.445 e. The maximum absolute atomic E-state index is 13.4. The van der Waals surface area contributed by atoms with Crippen molar-refractivity contribution >= 4 is 41.1 Å². The molecule has 36 heavy (non-hydrogen) atoms. The summed E-state index contributed by atoms with van der Waals surface area (Å²) in [5.41, 5.74) is 8.79. The van der Waals surface area contributed by atoms with Crippen LogP contribution in [0.25, 0.3) is 0 Å². The molecule has 2 atom stereocenters. The predicted octanol–water partition coefficient (Wildman–Crippen LogP) is 4.27. The molecule has 0 saturated carbocycles. The van der Waals surface area contributed by atoms with E-state index in [9.17, 15) is 14.4 Å². The fourth-order valence-electron chi connectivity index (χ4n) is 4.17. The summed E-state index contributed by atoms with van der Waals surface area (Å²) < 4.78 is 5.52. The highest BCUT2D eigenvalue weighted by Gasteiger charge is 2.37. The Kier molecular flexibility index (Phi) is 8.13. The van der Waals surface area contributed by atoms with Gasteiger partial charge in [-0.3, -0.25) is 14.5 Å². The van der Waals surface area contributed by atoms with Crippen molar-refractivity contribution in [2.45, 2.75) is 38.1 Å². The molecule has 7 nitrogen and oxygen atoms in total.